The van der Waals surface area contributed by atoms with E-state index < -0.39 is 6.03 Å². The molecule has 8 heteroatoms. The van der Waals surface area contributed by atoms with Crippen LogP contribution in [-0.2, 0) is 0 Å². The zero-order chi connectivity index (χ0) is 16.2. The summed E-state index contributed by atoms with van der Waals surface area (Å²) in [7, 11) is 0. The first-order valence-electron chi connectivity index (χ1n) is 6.70. The van der Waals surface area contributed by atoms with Crippen LogP contribution in [0.25, 0.3) is 11.3 Å². The average molecular weight is 329 g/mol. The molecular formula is C15H13ClN6O. The topological polar surface area (TPSA) is 109 Å². The van der Waals surface area contributed by atoms with Gasteiger partial charge in [-0.3, -0.25) is 5.32 Å². The third-order valence-corrected chi connectivity index (χ3v) is 3.22. The van der Waals surface area contributed by atoms with Crippen molar-refractivity contribution in [2.24, 2.45) is 0 Å². The number of amides is 2. The first-order chi connectivity index (χ1) is 11.1. The summed E-state index contributed by atoms with van der Waals surface area (Å²) in [5.41, 5.74) is 7.82. The molecule has 0 saturated heterocycles. The van der Waals surface area contributed by atoms with Gasteiger partial charge in [0, 0.05) is 17.4 Å². The van der Waals surface area contributed by atoms with E-state index in [1.54, 1.807) is 24.4 Å². The number of hydrogen-bond acceptors (Lipinski definition) is 4. The molecule has 3 aromatic rings. The summed E-state index contributed by atoms with van der Waals surface area (Å²) in [5.74, 6) is 0.745. The van der Waals surface area contributed by atoms with E-state index in [4.69, 9.17) is 17.3 Å². The Morgan fingerprint density at radius 1 is 1.13 bits per heavy atom. The minimum absolute atomic E-state index is 0.338. The van der Waals surface area contributed by atoms with Crippen LogP contribution < -0.4 is 16.4 Å². The number of halogens is 1. The first-order valence-corrected chi connectivity index (χ1v) is 7.08. The van der Waals surface area contributed by atoms with Crippen molar-refractivity contribution in [2.45, 2.75) is 0 Å². The first kappa shape index (κ1) is 14.9. The van der Waals surface area contributed by atoms with Crippen molar-refractivity contribution in [2.75, 3.05) is 16.4 Å². The molecule has 0 atom stereocenters. The Balaban J connectivity index is 1.70. The van der Waals surface area contributed by atoms with Gasteiger partial charge in [-0.2, -0.15) is 0 Å². The van der Waals surface area contributed by atoms with E-state index in [-0.39, 0.29) is 0 Å². The summed E-state index contributed by atoms with van der Waals surface area (Å²) in [6.45, 7) is 0. The predicted octanol–water partition coefficient (Wildman–Crippen LogP) is 3.35. The van der Waals surface area contributed by atoms with Crippen LogP contribution in [-0.4, -0.2) is 21.0 Å². The van der Waals surface area contributed by atoms with Gasteiger partial charge in [0.1, 0.15) is 5.82 Å². The van der Waals surface area contributed by atoms with Crippen LogP contribution in [0.4, 0.5) is 22.2 Å². The molecule has 0 aliphatic carbocycles. The van der Waals surface area contributed by atoms with E-state index >= 15 is 0 Å². The van der Waals surface area contributed by atoms with Crippen molar-refractivity contribution in [3.05, 3.63) is 53.8 Å². The van der Waals surface area contributed by atoms with Gasteiger partial charge < -0.3 is 16.0 Å². The highest BCUT2D eigenvalue weighted by atomic mass is 35.5. The van der Waals surface area contributed by atoms with Crippen LogP contribution in [0.15, 0.2) is 48.8 Å². The van der Waals surface area contributed by atoms with E-state index in [0.29, 0.717) is 22.5 Å². The van der Waals surface area contributed by atoms with Crippen molar-refractivity contribution in [1.29, 1.82) is 0 Å². The number of anilines is 3. The third kappa shape index (κ3) is 3.78. The maximum atomic E-state index is 12.0. The van der Waals surface area contributed by atoms with Gasteiger partial charge >= 0.3 is 6.03 Å². The molecule has 0 aliphatic heterocycles. The molecular weight excluding hydrogens is 316 g/mol. The fourth-order valence-corrected chi connectivity index (χ4v) is 2.09. The Kier molecular flexibility index (Phi) is 4.11. The third-order valence-electron chi connectivity index (χ3n) is 3.00. The number of benzene rings is 1. The summed E-state index contributed by atoms with van der Waals surface area (Å²) < 4.78 is 0. The number of H-pyrrole nitrogens is 1. The molecule has 5 N–H and O–H groups in total. The Hall–Kier alpha value is -3.06. The summed E-state index contributed by atoms with van der Waals surface area (Å²) in [5, 5.41) is 5.86. The zero-order valence-electron chi connectivity index (χ0n) is 11.9. The van der Waals surface area contributed by atoms with Crippen LogP contribution in [0.1, 0.15) is 0 Å². The Morgan fingerprint density at radius 2 is 2.00 bits per heavy atom. The maximum Gasteiger partial charge on any atom is 0.324 e. The van der Waals surface area contributed by atoms with Gasteiger partial charge in [0.05, 0.1) is 16.9 Å². The minimum atomic E-state index is -0.402. The van der Waals surface area contributed by atoms with E-state index in [1.165, 1.54) is 6.20 Å². The average Bonchev–Trinajstić information content (AvgIpc) is 2.96. The number of pyridine rings is 1. The molecule has 7 nitrogen and oxygen atoms in total. The minimum Gasteiger partial charge on any atom is -0.369 e. The molecule has 0 saturated carbocycles. The summed E-state index contributed by atoms with van der Waals surface area (Å²) in [4.78, 5) is 22.9. The van der Waals surface area contributed by atoms with Gasteiger partial charge in [-0.25, -0.2) is 14.8 Å². The zero-order valence-corrected chi connectivity index (χ0v) is 12.6. The van der Waals surface area contributed by atoms with Crippen LogP contribution in [0.2, 0.25) is 5.02 Å². The van der Waals surface area contributed by atoms with E-state index in [0.717, 1.165) is 11.3 Å². The number of aromatic nitrogens is 3. The molecule has 2 amide bonds. The number of carbonyl (C=O) groups excluding carboxylic acids is 1. The highest BCUT2D eigenvalue weighted by molar-refractivity contribution is 6.30. The second-order valence-electron chi connectivity index (χ2n) is 4.70. The fraction of sp³-hybridized carbons (Fsp3) is 0. The number of aromatic amines is 1. The predicted molar refractivity (Wildman–Crippen MR) is 90.3 cm³/mol. The Bertz CT molecular complexity index is 830. The number of rotatable bonds is 3. The quantitative estimate of drug-likeness (QED) is 0.591. The highest BCUT2D eigenvalue weighted by Gasteiger charge is 2.06. The van der Waals surface area contributed by atoms with Gasteiger partial charge in [-0.05, 0) is 24.3 Å². The summed E-state index contributed by atoms with van der Waals surface area (Å²) in [6, 6.07) is 10.2. The van der Waals surface area contributed by atoms with Crippen molar-refractivity contribution in [3.8, 4) is 11.3 Å². The molecule has 23 heavy (non-hydrogen) atoms. The van der Waals surface area contributed by atoms with Gasteiger partial charge in [-0.1, -0.05) is 23.7 Å². The van der Waals surface area contributed by atoms with Crippen LogP contribution in [0.3, 0.4) is 0 Å². The molecule has 2 aromatic heterocycles. The molecule has 3 rings (SSSR count). The molecule has 0 spiro atoms. The second kappa shape index (κ2) is 6.37. The van der Waals surface area contributed by atoms with Gasteiger partial charge in [0.2, 0.25) is 0 Å². The highest BCUT2D eigenvalue weighted by Crippen LogP contribution is 2.21. The lowest BCUT2D eigenvalue weighted by Crippen LogP contribution is -2.20. The van der Waals surface area contributed by atoms with Crippen molar-refractivity contribution < 1.29 is 4.79 Å². The maximum absolute atomic E-state index is 12.0. The largest absolute Gasteiger partial charge is 0.369 e. The lowest BCUT2D eigenvalue weighted by atomic mass is 10.1. The number of nitrogens with one attached hydrogen (secondary N) is 3. The van der Waals surface area contributed by atoms with Crippen molar-refractivity contribution >= 4 is 35.1 Å². The smallest absolute Gasteiger partial charge is 0.324 e. The molecule has 0 fully saturated rings. The number of hydrogen-bond donors (Lipinski definition) is 4. The Labute approximate surface area is 136 Å². The van der Waals surface area contributed by atoms with Gasteiger partial charge in [0.25, 0.3) is 0 Å². The number of nitrogens with zero attached hydrogens (tertiary/aromatic N) is 2. The number of urea groups is 1. The molecule has 1 aromatic carbocycles. The van der Waals surface area contributed by atoms with Gasteiger partial charge in [0.15, 0.2) is 5.95 Å². The van der Waals surface area contributed by atoms with Crippen LogP contribution in [0.5, 0.6) is 0 Å². The molecule has 116 valence electrons. The van der Waals surface area contributed by atoms with Crippen molar-refractivity contribution in [3.63, 3.8) is 0 Å². The molecule has 0 radical (unpaired) electrons. The van der Waals surface area contributed by atoms with E-state index in [9.17, 15) is 4.79 Å². The van der Waals surface area contributed by atoms with Crippen molar-refractivity contribution in [1.82, 2.24) is 15.0 Å². The molecule has 0 unspecified atom stereocenters. The monoisotopic (exact) mass is 328 g/mol. The number of carbonyl (C=O) groups is 1. The van der Waals surface area contributed by atoms with E-state index in [1.807, 2.05) is 18.2 Å². The standard InChI is InChI=1S/C15H13ClN6O/c16-10-4-5-13(18-7-10)22-15(23)20-11-3-1-2-9(6-11)12-8-19-14(17)21-12/h1-8H,(H3,17,19,21)(H2,18,20,22,23). The lowest BCUT2D eigenvalue weighted by molar-refractivity contribution is 0.262. The number of nitrogens with two attached hydrogens (primary N) is 1. The fourth-order valence-electron chi connectivity index (χ4n) is 1.98. The van der Waals surface area contributed by atoms with Gasteiger partial charge in [-0.15, -0.1) is 0 Å². The number of nitrogen functional groups attached to an aromatic ring is 1. The van der Waals surface area contributed by atoms with Crippen LogP contribution in [0, 0.1) is 0 Å². The van der Waals surface area contributed by atoms with E-state index in [2.05, 4.69) is 25.6 Å². The molecule has 0 bridgehead atoms. The number of imidazole rings is 1. The van der Waals surface area contributed by atoms with Crippen LogP contribution >= 0.6 is 11.6 Å². The second-order valence-corrected chi connectivity index (χ2v) is 5.14. The summed E-state index contributed by atoms with van der Waals surface area (Å²) in [6.07, 6.45) is 3.09. The summed E-state index contributed by atoms with van der Waals surface area (Å²) >= 11 is 5.75. The molecule has 0 aliphatic rings. The molecule has 2 heterocycles. The SMILES string of the molecule is Nc1ncc(-c2cccc(NC(=O)Nc3ccc(Cl)cn3)c2)[nH]1. The Morgan fingerprint density at radius 3 is 2.70 bits per heavy atom. The lowest BCUT2D eigenvalue weighted by Gasteiger charge is -2.08. The normalized spacial score (nSPS) is 10.3.